The lowest BCUT2D eigenvalue weighted by atomic mass is 10.0. The molecule has 0 fully saturated rings. The van der Waals surface area contributed by atoms with Gasteiger partial charge in [0.2, 0.25) is 0 Å². The zero-order valence-corrected chi connectivity index (χ0v) is 18.2. The lowest BCUT2D eigenvalue weighted by Crippen LogP contribution is -2.23. The van der Waals surface area contributed by atoms with Crippen LogP contribution < -0.4 is 5.32 Å². The molecule has 7 nitrogen and oxygen atoms in total. The fourth-order valence-electron chi connectivity index (χ4n) is 3.13. The highest BCUT2D eigenvalue weighted by Gasteiger charge is 2.34. The Morgan fingerprint density at radius 1 is 1.24 bits per heavy atom. The third kappa shape index (κ3) is 4.65. The predicted molar refractivity (Wildman–Crippen MR) is 114 cm³/mol. The molecule has 0 aliphatic rings. The third-order valence-electron chi connectivity index (χ3n) is 4.87. The summed E-state index contributed by atoms with van der Waals surface area (Å²) in [6, 6.07) is 7.43. The fraction of sp³-hybridized carbons (Fsp3) is 0.136. The van der Waals surface area contributed by atoms with Crippen molar-refractivity contribution in [1.82, 2.24) is 25.1 Å². The van der Waals surface area contributed by atoms with E-state index in [0.29, 0.717) is 10.6 Å². The lowest BCUT2D eigenvalue weighted by molar-refractivity contribution is -0.137. The van der Waals surface area contributed by atoms with E-state index in [4.69, 9.17) is 5.26 Å². The van der Waals surface area contributed by atoms with Gasteiger partial charge >= 0.3 is 6.18 Å². The Morgan fingerprint density at radius 3 is 2.68 bits per heavy atom. The van der Waals surface area contributed by atoms with Crippen LogP contribution in [0.25, 0.3) is 16.9 Å². The maximum Gasteiger partial charge on any atom is 0.417 e. The Hall–Kier alpha value is -4.11. The van der Waals surface area contributed by atoms with E-state index in [1.165, 1.54) is 52.1 Å². The molecular formula is C22H14F4N6OS. The summed E-state index contributed by atoms with van der Waals surface area (Å²) in [5, 5.41) is 15.7. The van der Waals surface area contributed by atoms with Crippen molar-refractivity contribution in [2.45, 2.75) is 19.6 Å². The summed E-state index contributed by atoms with van der Waals surface area (Å²) in [5.41, 5.74) is 1.16. The zero-order chi connectivity index (χ0) is 24.5. The Bertz CT molecular complexity index is 1420. The number of aryl methyl sites for hydroxylation is 1. The average molecular weight is 486 g/mol. The predicted octanol–water partition coefficient (Wildman–Crippen LogP) is 4.66. The summed E-state index contributed by atoms with van der Waals surface area (Å²) in [5.74, 6) is -1.07. The van der Waals surface area contributed by atoms with Crippen molar-refractivity contribution in [2.24, 2.45) is 0 Å². The molecule has 3 heterocycles. The number of pyridine rings is 1. The minimum Gasteiger partial charge on any atom is -0.346 e. The second kappa shape index (κ2) is 9.03. The number of benzene rings is 1. The molecule has 0 saturated heterocycles. The summed E-state index contributed by atoms with van der Waals surface area (Å²) >= 11 is 1.17. The Kier molecular flexibility index (Phi) is 6.12. The summed E-state index contributed by atoms with van der Waals surface area (Å²) in [4.78, 5) is 20.6. The highest BCUT2D eigenvalue weighted by molar-refractivity contribution is 7.11. The molecule has 4 rings (SSSR count). The molecule has 0 unspecified atom stereocenters. The average Bonchev–Trinajstić information content (AvgIpc) is 3.46. The first-order valence-electron chi connectivity index (χ1n) is 9.68. The maximum absolute atomic E-state index is 14.6. The number of thiazole rings is 1. The smallest absolute Gasteiger partial charge is 0.346 e. The normalized spacial score (nSPS) is 11.3. The van der Waals surface area contributed by atoms with Gasteiger partial charge in [0, 0.05) is 17.8 Å². The first-order valence-corrected chi connectivity index (χ1v) is 10.6. The summed E-state index contributed by atoms with van der Waals surface area (Å²) in [7, 11) is 0. The van der Waals surface area contributed by atoms with Gasteiger partial charge in [-0.05, 0) is 25.1 Å². The van der Waals surface area contributed by atoms with E-state index < -0.39 is 23.1 Å². The molecule has 0 aliphatic carbocycles. The van der Waals surface area contributed by atoms with E-state index in [1.54, 1.807) is 6.92 Å². The van der Waals surface area contributed by atoms with Crippen molar-refractivity contribution in [2.75, 3.05) is 0 Å². The van der Waals surface area contributed by atoms with Gasteiger partial charge in [-0.2, -0.15) is 23.5 Å². The first kappa shape index (κ1) is 23.1. The molecule has 1 aromatic carbocycles. The number of halogens is 4. The molecule has 172 valence electrons. The molecule has 0 bridgehead atoms. The van der Waals surface area contributed by atoms with Crippen LogP contribution in [0.4, 0.5) is 17.6 Å². The van der Waals surface area contributed by atoms with E-state index in [2.05, 4.69) is 20.4 Å². The number of aromatic nitrogens is 4. The van der Waals surface area contributed by atoms with E-state index >= 15 is 0 Å². The largest absolute Gasteiger partial charge is 0.417 e. The number of amides is 1. The van der Waals surface area contributed by atoms with Crippen molar-refractivity contribution in [3.63, 3.8) is 0 Å². The molecule has 3 aromatic heterocycles. The fourth-order valence-corrected chi connectivity index (χ4v) is 3.85. The van der Waals surface area contributed by atoms with Crippen molar-refractivity contribution in [3.8, 4) is 23.0 Å². The molecule has 0 aliphatic heterocycles. The first-order chi connectivity index (χ1) is 16.2. The Morgan fingerprint density at radius 2 is 2.03 bits per heavy atom. The van der Waals surface area contributed by atoms with Crippen molar-refractivity contribution in [1.29, 1.82) is 5.26 Å². The topological polar surface area (TPSA) is 96.5 Å². The van der Waals surface area contributed by atoms with Crippen molar-refractivity contribution < 1.29 is 22.4 Å². The van der Waals surface area contributed by atoms with Crippen LogP contribution in [0.5, 0.6) is 0 Å². The molecule has 0 radical (unpaired) electrons. The molecule has 0 atom stereocenters. The van der Waals surface area contributed by atoms with Gasteiger partial charge in [0.25, 0.3) is 5.91 Å². The summed E-state index contributed by atoms with van der Waals surface area (Å²) < 4.78 is 55.6. The van der Waals surface area contributed by atoms with Gasteiger partial charge in [0.05, 0.1) is 58.2 Å². The number of hydrogen-bond donors (Lipinski definition) is 1. The molecule has 1 N–H and O–H groups in total. The quantitative estimate of drug-likeness (QED) is 0.414. The van der Waals surface area contributed by atoms with Gasteiger partial charge in [-0.25, -0.2) is 14.1 Å². The van der Waals surface area contributed by atoms with Crippen LogP contribution >= 0.6 is 11.3 Å². The van der Waals surface area contributed by atoms with Crippen LogP contribution in [-0.2, 0) is 12.7 Å². The number of carbonyl (C=O) groups excluding carboxylic acids is 1. The second-order valence-corrected chi connectivity index (χ2v) is 7.94. The van der Waals surface area contributed by atoms with E-state index in [0.717, 1.165) is 18.2 Å². The number of hydrogen-bond acceptors (Lipinski definition) is 6. The van der Waals surface area contributed by atoms with Crippen LogP contribution in [0.3, 0.4) is 0 Å². The van der Waals surface area contributed by atoms with Crippen LogP contribution in [-0.4, -0.2) is 25.7 Å². The number of carbonyl (C=O) groups is 1. The van der Waals surface area contributed by atoms with Crippen LogP contribution in [0.2, 0.25) is 0 Å². The van der Waals surface area contributed by atoms with Gasteiger partial charge in [-0.1, -0.05) is 6.07 Å². The van der Waals surface area contributed by atoms with E-state index in [9.17, 15) is 22.4 Å². The van der Waals surface area contributed by atoms with E-state index in [-0.39, 0.29) is 35.1 Å². The van der Waals surface area contributed by atoms with Crippen LogP contribution in [0, 0.1) is 24.1 Å². The molecule has 0 saturated carbocycles. The molecular weight excluding hydrogens is 472 g/mol. The molecule has 4 aromatic rings. The number of rotatable bonds is 5. The Labute approximate surface area is 194 Å². The zero-order valence-electron chi connectivity index (χ0n) is 17.4. The number of nitrogens with one attached hydrogen (secondary N) is 1. The molecule has 1 amide bonds. The van der Waals surface area contributed by atoms with E-state index in [1.807, 2.05) is 0 Å². The molecule has 12 heteroatoms. The van der Waals surface area contributed by atoms with Gasteiger partial charge in [-0.15, -0.1) is 11.3 Å². The Balaban J connectivity index is 1.53. The maximum atomic E-state index is 14.6. The third-order valence-corrected chi connectivity index (χ3v) is 5.79. The molecule has 0 spiro atoms. The van der Waals surface area contributed by atoms with Gasteiger partial charge in [0.1, 0.15) is 10.7 Å². The second-order valence-electron chi connectivity index (χ2n) is 7.09. The number of alkyl halides is 3. The highest BCUT2D eigenvalue weighted by atomic mass is 32.1. The van der Waals surface area contributed by atoms with Gasteiger partial charge < -0.3 is 5.32 Å². The number of nitriles is 1. The monoisotopic (exact) mass is 486 g/mol. The van der Waals surface area contributed by atoms with Gasteiger partial charge in [-0.3, -0.25) is 9.78 Å². The molecule has 34 heavy (non-hydrogen) atoms. The minimum absolute atomic E-state index is 0.00793. The summed E-state index contributed by atoms with van der Waals surface area (Å²) in [6.07, 6.45) is -1.91. The highest BCUT2D eigenvalue weighted by Crippen LogP contribution is 2.34. The minimum atomic E-state index is -4.69. The van der Waals surface area contributed by atoms with Gasteiger partial charge in [0.15, 0.2) is 0 Å². The summed E-state index contributed by atoms with van der Waals surface area (Å²) in [6.45, 7) is 1.55. The van der Waals surface area contributed by atoms with Crippen LogP contribution in [0.15, 0.2) is 48.2 Å². The SMILES string of the molecule is Cc1ncsc1C(=O)NCc1ncc(-n2ccc(-c3ccc(C#N)c(C(F)(F)F)c3)n2)cc1F. The standard InChI is InChI=1S/C22H14F4N6OS/c1-12-20(34-11-30-12)21(33)29-10-19-17(23)7-15(9-28-19)32-5-4-18(31-32)13-2-3-14(8-27)16(6-13)22(24,25)26/h2-7,9,11H,10H2,1H3,(H,29,33). The van der Waals surface area contributed by atoms with Crippen LogP contribution in [0.1, 0.15) is 32.2 Å². The number of nitrogens with zero attached hydrogens (tertiary/aromatic N) is 5. The van der Waals surface area contributed by atoms with Crippen molar-refractivity contribution in [3.05, 3.63) is 81.4 Å². The van der Waals surface area contributed by atoms with Crippen molar-refractivity contribution >= 4 is 17.2 Å². The lowest BCUT2D eigenvalue weighted by Gasteiger charge is -2.10.